The second-order valence-electron chi connectivity index (χ2n) is 2.88. The number of aliphatic hydroxyl groups is 1. The van der Waals surface area contributed by atoms with Gasteiger partial charge in [0.1, 0.15) is 24.2 Å². The zero-order valence-corrected chi connectivity index (χ0v) is 8.14. The average Bonchev–Trinajstić information content (AvgIpc) is 2.26. The Kier molecular flexibility index (Phi) is 4.22. The molecule has 78 valence electrons. The lowest BCUT2D eigenvalue weighted by molar-refractivity contribution is 0.114. The molecular formula is C10H15NO3. The van der Waals surface area contributed by atoms with Gasteiger partial charge in [0.2, 0.25) is 0 Å². The summed E-state index contributed by atoms with van der Waals surface area (Å²) < 4.78 is 10.3. The van der Waals surface area contributed by atoms with Crippen molar-refractivity contribution in [1.82, 2.24) is 0 Å². The van der Waals surface area contributed by atoms with Crippen LogP contribution in [-0.4, -0.2) is 31.5 Å². The fourth-order valence-corrected chi connectivity index (χ4v) is 0.951. The van der Waals surface area contributed by atoms with Crippen molar-refractivity contribution >= 4 is 0 Å². The van der Waals surface area contributed by atoms with E-state index >= 15 is 0 Å². The summed E-state index contributed by atoms with van der Waals surface area (Å²) in [5, 5.41) is 9.16. The van der Waals surface area contributed by atoms with Gasteiger partial charge in [-0.15, -0.1) is 0 Å². The van der Waals surface area contributed by atoms with E-state index < -0.39 is 6.10 Å². The highest BCUT2D eigenvalue weighted by Crippen LogP contribution is 2.18. The first kappa shape index (κ1) is 10.8. The van der Waals surface area contributed by atoms with Crippen LogP contribution in [0.5, 0.6) is 11.5 Å². The van der Waals surface area contributed by atoms with Crippen LogP contribution in [0.15, 0.2) is 24.3 Å². The van der Waals surface area contributed by atoms with Crippen LogP contribution in [0.2, 0.25) is 0 Å². The number of aliphatic hydroxyl groups excluding tert-OH is 1. The van der Waals surface area contributed by atoms with Crippen molar-refractivity contribution in [1.29, 1.82) is 0 Å². The molecule has 0 aliphatic carbocycles. The van der Waals surface area contributed by atoms with Gasteiger partial charge >= 0.3 is 0 Å². The minimum atomic E-state index is -0.624. The highest BCUT2D eigenvalue weighted by Gasteiger charge is 2.02. The Morgan fingerprint density at radius 3 is 2.79 bits per heavy atom. The number of benzene rings is 1. The number of hydrogen-bond acceptors (Lipinski definition) is 4. The lowest BCUT2D eigenvalue weighted by Crippen LogP contribution is -2.26. The predicted molar refractivity (Wildman–Crippen MR) is 53.6 cm³/mol. The molecular weight excluding hydrogens is 182 g/mol. The molecule has 4 nitrogen and oxygen atoms in total. The molecule has 0 spiro atoms. The summed E-state index contributed by atoms with van der Waals surface area (Å²) in [5.41, 5.74) is 5.24. The van der Waals surface area contributed by atoms with Crippen LogP contribution in [0.25, 0.3) is 0 Å². The number of rotatable bonds is 5. The first-order valence-corrected chi connectivity index (χ1v) is 4.41. The number of nitrogens with two attached hydrogens (primary N) is 1. The lowest BCUT2D eigenvalue weighted by Gasteiger charge is -2.10. The highest BCUT2D eigenvalue weighted by atomic mass is 16.5. The zero-order valence-electron chi connectivity index (χ0n) is 8.14. The van der Waals surface area contributed by atoms with Crippen molar-refractivity contribution in [2.75, 3.05) is 20.3 Å². The van der Waals surface area contributed by atoms with Crippen molar-refractivity contribution in [3.63, 3.8) is 0 Å². The average molecular weight is 197 g/mol. The topological polar surface area (TPSA) is 64.7 Å². The molecule has 0 unspecified atom stereocenters. The molecule has 1 aromatic rings. The monoisotopic (exact) mass is 197 g/mol. The quantitative estimate of drug-likeness (QED) is 0.716. The van der Waals surface area contributed by atoms with Gasteiger partial charge < -0.3 is 20.3 Å². The minimum absolute atomic E-state index is 0.198. The van der Waals surface area contributed by atoms with Crippen LogP contribution in [0.3, 0.4) is 0 Å². The number of methoxy groups -OCH3 is 1. The Bertz CT molecular complexity index is 278. The molecule has 0 saturated heterocycles. The van der Waals surface area contributed by atoms with Crippen molar-refractivity contribution in [2.45, 2.75) is 6.10 Å². The van der Waals surface area contributed by atoms with Crippen LogP contribution < -0.4 is 15.2 Å². The van der Waals surface area contributed by atoms with Gasteiger partial charge in [-0.3, -0.25) is 0 Å². The summed E-state index contributed by atoms with van der Waals surface area (Å²) in [4.78, 5) is 0. The molecule has 0 bridgehead atoms. The first-order chi connectivity index (χ1) is 6.76. The summed E-state index contributed by atoms with van der Waals surface area (Å²) in [6, 6.07) is 7.20. The molecule has 0 saturated carbocycles. The van der Waals surface area contributed by atoms with Crippen LogP contribution >= 0.6 is 0 Å². The van der Waals surface area contributed by atoms with Gasteiger partial charge in [-0.05, 0) is 12.1 Å². The molecule has 0 aromatic heterocycles. The van der Waals surface area contributed by atoms with Crippen molar-refractivity contribution in [3.05, 3.63) is 24.3 Å². The third-order valence-electron chi connectivity index (χ3n) is 1.76. The van der Waals surface area contributed by atoms with E-state index in [0.717, 1.165) is 5.75 Å². The van der Waals surface area contributed by atoms with Gasteiger partial charge in [-0.25, -0.2) is 0 Å². The fourth-order valence-electron chi connectivity index (χ4n) is 0.951. The summed E-state index contributed by atoms with van der Waals surface area (Å²) >= 11 is 0. The lowest BCUT2D eigenvalue weighted by atomic mass is 10.3. The molecule has 1 rings (SSSR count). The maximum Gasteiger partial charge on any atom is 0.123 e. The fraction of sp³-hybridized carbons (Fsp3) is 0.400. The summed E-state index contributed by atoms with van der Waals surface area (Å²) in [7, 11) is 1.59. The summed E-state index contributed by atoms with van der Waals surface area (Å²) in [6.07, 6.45) is -0.624. The standard InChI is InChI=1S/C10H15NO3/c1-13-9-3-2-4-10(5-9)14-7-8(12)6-11/h2-5,8,12H,6-7,11H2,1H3/t8-/m1/s1. The van der Waals surface area contributed by atoms with Crippen LogP contribution in [0.1, 0.15) is 0 Å². The highest BCUT2D eigenvalue weighted by molar-refractivity contribution is 5.32. The van der Waals surface area contributed by atoms with Gasteiger partial charge in [-0.2, -0.15) is 0 Å². The van der Waals surface area contributed by atoms with E-state index in [1.807, 2.05) is 12.1 Å². The number of ether oxygens (including phenoxy) is 2. The molecule has 14 heavy (non-hydrogen) atoms. The molecule has 0 fully saturated rings. The Labute approximate surface area is 83.3 Å². The molecule has 1 aromatic carbocycles. The molecule has 0 heterocycles. The van der Waals surface area contributed by atoms with E-state index in [1.165, 1.54) is 0 Å². The third-order valence-corrected chi connectivity index (χ3v) is 1.76. The third kappa shape index (κ3) is 3.24. The van der Waals surface area contributed by atoms with Gasteiger partial charge in [0.15, 0.2) is 0 Å². The Balaban J connectivity index is 2.50. The van der Waals surface area contributed by atoms with Crippen molar-refractivity contribution in [2.24, 2.45) is 5.73 Å². The normalized spacial score (nSPS) is 12.2. The van der Waals surface area contributed by atoms with Gasteiger partial charge in [0.05, 0.1) is 7.11 Å². The summed E-state index contributed by atoms with van der Waals surface area (Å²) in [6.45, 7) is 0.396. The molecule has 0 aliphatic rings. The molecule has 0 amide bonds. The molecule has 0 radical (unpaired) electrons. The maximum atomic E-state index is 9.16. The smallest absolute Gasteiger partial charge is 0.123 e. The van der Waals surface area contributed by atoms with E-state index in [-0.39, 0.29) is 13.2 Å². The van der Waals surface area contributed by atoms with E-state index in [9.17, 15) is 0 Å². The van der Waals surface area contributed by atoms with Gasteiger partial charge in [0.25, 0.3) is 0 Å². The Morgan fingerprint density at radius 2 is 2.14 bits per heavy atom. The van der Waals surface area contributed by atoms with Gasteiger partial charge in [0, 0.05) is 12.6 Å². The van der Waals surface area contributed by atoms with Crippen molar-refractivity contribution in [3.8, 4) is 11.5 Å². The molecule has 4 heteroatoms. The predicted octanol–water partition coefficient (Wildman–Crippen LogP) is 0.394. The SMILES string of the molecule is COc1cccc(OC[C@H](O)CN)c1. The van der Waals surface area contributed by atoms with Crippen LogP contribution in [-0.2, 0) is 0 Å². The molecule has 3 N–H and O–H groups in total. The molecule has 0 aliphatic heterocycles. The van der Waals surface area contributed by atoms with Crippen LogP contribution in [0, 0.1) is 0 Å². The summed E-state index contributed by atoms with van der Waals surface area (Å²) in [5.74, 6) is 1.39. The van der Waals surface area contributed by atoms with E-state index in [0.29, 0.717) is 5.75 Å². The second kappa shape index (κ2) is 5.47. The first-order valence-electron chi connectivity index (χ1n) is 4.41. The van der Waals surface area contributed by atoms with E-state index in [1.54, 1.807) is 19.2 Å². The van der Waals surface area contributed by atoms with Crippen LogP contribution in [0.4, 0.5) is 0 Å². The minimum Gasteiger partial charge on any atom is -0.497 e. The maximum absolute atomic E-state index is 9.16. The van der Waals surface area contributed by atoms with Gasteiger partial charge in [-0.1, -0.05) is 6.07 Å². The number of hydrogen-bond donors (Lipinski definition) is 2. The largest absolute Gasteiger partial charge is 0.497 e. The zero-order chi connectivity index (χ0) is 10.4. The Morgan fingerprint density at radius 1 is 1.43 bits per heavy atom. The second-order valence-corrected chi connectivity index (χ2v) is 2.88. The Hall–Kier alpha value is -1.26. The molecule has 1 atom stereocenters. The van der Waals surface area contributed by atoms with E-state index in [2.05, 4.69) is 0 Å². The van der Waals surface area contributed by atoms with E-state index in [4.69, 9.17) is 20.3 Å². The van der Waals surface area contributed by atoms with Crippen molar-refractivity contribution < 1.29 is 14.6 Å².